The first kappa shape index (κ1) is 11.6. The summed E-state index contributed by atoms with van der Waals surface area (Å²) >= 11 is 0. The summed E-state index contributed by atoms with van der Waals surface area (Å²) in [7, 11) is 1.95. The van der Waals surface area contributed by atoms with E-state index >= 15 is 0 Å². The molecule has 0 radical (unpaired) electrons. The van der Waals surface area contributed by atoms with Gasteiger partial charge < -0.3 is 10.4 Å². The van der Waals surface area contributed by atoms with Gasteiger partial charge in [-0.1, -0.05) is 0 Å². The third kappa shape index (κ3) is 2.83. The van der Waals surface area contributed by atoms with Gasteiger partial charge in [0.05, 0.1) is 11.8 Å². The molecule has 1 aliphatic carbocycles. The molecule has 2 unspecified atom stereocenters. The molecule has 1 fully saturated rings. The number of hydrogen-bond acceptors (Lipinski definition) is 3. The zero-order chi connectivity index (χ0) is 11.5. The second kappa shape index (κ2) is 4.97. The van der Waals surface area contributed by atoms with Gasteiger partial charge in [0.15, 0.2) is 0 Å². The number of aliphatic hydroxyl groups excluding tert-OH is 1. The van der Waals surface area contributed by atoms with Crippen molar-refractivity contribution in [3.63, 3.8) is 0 Å². The predicted octanol–water partition coefficient (Wildman–Crippen LogP) is 1.12. The Labute approximate surface area is 96.7 Å². The Balaban J connectivity index is 1.85. The summed E-state index contributed by atoms with van der Waals surface area (Å²) in [4.78, 5) is 0. The van der Waals surface area contributed by atoms with Gasteiger partial charge in [0, 0.05) is 31.4 Å². The minimum absolute atomic E-state index is 0.110. The fourth-order valence-electron chi connectivity index (χ4n) is 2.43. The van der Waals surface area contributed by atoms with E-state index in [2.05, 4.69) is 16.6 Å². The van der Waals surface area contributed by atoms with Gasteiger partial charge in [0.1, 0.15) is 0 Å². The number of hydrogen-bond donors (Lipinski definition) is 2. The number of aryl methyl sites for hydroxylation is 2. The van der Waals surface area contributed by atoms with Crippen LogP contribution in [-0.2, 0) is 13.6 Å². The zero-order valence-electron chi connectivity index (χ0n) is 10.1. The fourth-order valence-corrected chi connectivity index (χ4v) is 2.43. The maximum absolute atomic E-state index is 9.58. The van der Waals surface area contributed by atoms with E-state index < -0.39 is 0 Å². The van der Waals surface area contributed by atoms with Crippen LogP contribution >= 0.6 is 0 Å². The number of nitrogens with zero attached hydrogens (tertiary/aromatic N) is 2. The Kier molecular flexibility index (Phi) is 3.61. The van der Waals surface area contributed by atoms with Crippen molar-refractivity contribution >= 4 is 0 Å². The molecule has 1 aliphatic rings. The third-order valence-electron chi connectivity index (χ3n) is 3.34. The molecule has 1 aromatic heterocycles. The summed E-state index contributed by atoms with van der Waals surface area (Å²) in [5.41, 5.74) is 2.34. The summed E-state index contributed by atoms with van der Waals surface area (Å²) in [6, 6.07) is 0.461. The lowest BCUT2D eigenvalue weighted by Crippen LogP contribution is -2.35. The average Bonchev–Trinajstić information content (AvgIpc) is 2.54. The van der Waals surface area contributed by atoms with Crippen LogP contribution < -0.4 is 5.32 Å². The molecule has 0 aliphatic heterocycles. The van der Waals surface area contributed by atoms with Crippen molar-refractivity contribution < 1.29 is 5.11 Å². The Hall–Kier alpha value is -0.870. The van der Waals surface area contributed by atoms with Crippen molar-refractivity contribution in [3.05, 3.63) is 17.5 Å². The van der Waals surface area contributed by atoms with Crippen LogP contribution in [0.1, 0.15) is 36.9 Å². The largest absolute Gasteiger partial charge is 0.393 e. The van der Waals surface area contributed by atoms with Crippen LogP contribution in [0.2, 0.25) is 0 Å². The monoisotopic (exact) mass is 223 g/mol. The van der Waals surface area contributed by atoms with Gasteiger partial charge in [-0.25, -0.2) is 0 Å². The van der Waals surface area contributed by atoms with Crippen LogP contribution in [0, 0.1) is 6.92 Å². The second-order valence-corrected chi connectivity index (χ2v) is 4.81. The number of aromatic nitrogens is 2. The van der Waals surface area contributed by atoms with Crippen molar-refractivity contribution in [2.24, 2.45) is 7.05 Å². The molecule has 2 rings (SSSR count). The number of rotatable bonds is 3. The molecule has 2 N–H and O–H groups in total. The van der Waals surface area contributed by atoms with Gasteiger partial charge in [-0.2, -0.15) is 5.10 Å². The summed E-state index contributed by atoms with van der Waals surface area (Å²) in [6.07, 6.45) is 6.10. The highest BCUT2D eigenvalue weighted by Gasteiger charge is 2.19. The molecule has 0 aromatic carbocycles. The van der Waals surface area contributed by atoms with Crippen molar-refractivity contribution in [1.29, 1.82) is 0 Å². The molecule has 0 saturated heterocycles. The standard InChI is InChI=1S/C12H21N3O/c1-9-10(8-15(2)14-9)7-13-11-4-3-5-12(16)6-11/h8,11-13,16H,3-7H2,1-2H3. The minimum Gasteiger partial charge on any atom is -0.393 e. The molecule has 4 nitrogen and oxygen atoms in total. The first-order valence-corrected chi connectivity index (χ1v) is 6.05. The van der Waals surface area contributed by atoms with Gasteiger partial charge in [-0.05, 0) is 32.6 Å². The Morgan fingerprint density at radius 2 is 2.38 bits per heavy atom. The summed E-state index contributed by atoms with van der Waals surface area (Å²) < 4.78 is 1.85. The van der Waals surface area contributed by atoms with E-state index in [1.54, 1.807) is 0 Å². The Morgan fingerprint density at radius 3 is 3.00 bits per heavy atom. The summed E-state index contributed by atoms with van der Waals surface area (Å²) in [5.74, 6) is 0. The van der Waals surface area contributed by atoms with Gasteiger partial charge in [-0.15, -0.1) is 0 Å². The molecule has 16 heavy (non-hydrogen) atoms. The quantitative estimate of drug-likeness (QED) is 0.807. The molecule has 1 aromatic rings. The maximum Gasteiger partial charge on any atom is 0.0638 e. The molecular formula is C12H21N3O. The van der Waals surface area contributed by atoms with Crippen LogP contribution in [-0.4, -0.2) is 27.0 Å². The van der Waals surface area contributed by atoms with E-state index in [9.17, 15) is 5.11 Å². The van der Waals surface area contributed by atoms with Gasteiger partial charge in [-0.3, -0.25) is 4.68 Å². The molecule has 90 valence electrons. The van der Waals surface area contributed by atoms with Crippen LogP contribution in [0.4, 0.5) is 0 Å². The lowest BCUT2D eigenvalue weighted by Gasteiger charge is -2.26. The highest BCUT2D eigenvalue weighted by molar-refractivity contribution is 5.14. The topological polar surface area (TPSA) is 50.1 Å². The lowest BCUT2D eigenvalue weighted by molar-refractivity contribution is 0.111. The summed E-state index contributed by atoms with van der Waals surface area (Å²) in [6.45, 7) is 2.89. The lowest BCUT2D eigenvalue weighted by atomic mass is 9.93. The van der Waals surface area contributed by atoms with Crippen LogP contribution in [0.25, 0.3) is 0 Å². The predicted molar refractivity (Wildman–Crippen MR) is 63.0 cm³/mol. The van der Waals surface area contributed by atoms with E-state index in [1.807, 2.05) is 18.7 Å². The average molecular weight is 223 g/mol. The SMILES string of the molecule is Cc1nn(C)cc1CNC1CCCC(O)C1. The normalized spacial score (nSPS) is 25.9. The maximum atomic E-state index is 9.58. The van der Waals surface area contributed by atoms with Crippen molar-refractivity contribution in [2.75, 3.05) is 0 Å². The Morgan fingerprint density at radius 1 is 1.56 bits per heavy atom. The number of nitrogens with one attached hydrogen (secondary N) is 1. The zero-order valence-corrected chi connectivity index (χ0v) is 10.1. The van der Waals surface area contributed by atoms with Gasteiger partial charge in [0.2, 0.25) is 0 Å². The van der Waals surface area contributed by atoms with Gasteiger partial charge >= 0.3 is 0 Å². The van der Waals surface area contributed by atoms with Gasteiger partial charge in [0.25, 0.3) is 0 Å². The van der Waals surface area contributed by atoms with E-state index in [4.69, 9.17) is 0 Å². The highest BCUT2D eigenvalue weighted by atomic mass is 16.3. The first-order chi connectivity index (χ1) is 7.65. The van der Waals surface area contributed by atoms with Crippen LogP contribution in [0.5, 0.6) is 0 Å². The van der Waals surface area contributed by atoms with Crippen LogP contribution in [0.3, 0.4) is 0 Å². The fraction of sp³-hybridized carbons (Fsp3) is 0.750. The Bertz CT molecular complexity index is 348. The molecule has 0 bridgehead atoms. The van der Waals surface area contributed by atoms with E-state index in [0.29, 0.717) is 6.04 Å². The molecule has 4 heteroatoms. The minimum atomic E-state index is -0.110. The van der Waals surface area contributed by atoms with Crippen molar-refractivity contribution in [3.8, 4) is 0 Å². The molecule has 0 spiro atoms. The molecule has 0 amide bonds. The third-order valence-corrected chi connectivity index (χ3v) is 3.34. The second-order valence-electron chi connectivity index (χ2n) is 4.81. The first-order valence-electron chi connectivity index (χ1n) is 6.05. The van der Waals surface area contributed by atoms with Crippen molar-refractivity contribution in [1.82, 2.24) is 15.1 Å². The van der Waals surface area contributed by atoms with E-state index in [0.717, 1.165) is 31.5 Å². The highest BCUT2D eigenvalue weighted by Crippen LogP contribution is 2.18. The number of aliphatic hydroxyl groups is 1. The smallest absolute Gasteiger partial charge is 0.0638 e. The molecule has 1 heterocycles. The van der Waals surface area contributed by atoms with Crippen LogP contribution in [0.15, 0.2) is 6.20 Å². The van der Waals surface area contributed by atoms with E-state index in [1.165, 1.54) is 12.0 Å². The molecular weight excluding hydrogens is 202 g/mol. The van der Waals surface area contributed by atoms with E-state index in [-0.39, 0.29) is 6.10 Å². The summed E-state index contributed by atoms with van der Waals surface area (Å²) in [5, 5.41) is 17.4. The van der Waals surface area contributed by atoms with Crippen molar-refractivity contribution in [2.45, 2.75) is 51.3 Å². The molecule has 2 atom stereocenters. The molecule has 1 saturated carbocycles.